The number of hydrogen-bond donors (Lipinski definition) is 1. The number of likely N-dealkylation sites (tertiary alicyclic amines) is 1. The van der Waals surface area contributed by atoms with E-state index in [1.807, 2.05) is 18.2 Å². The van der Waals surface area contributed by atoms with Crippen LogP contribution in [0.25, 0.3) is 0 Å². The molecule has 0 saturated carbocycles. The molecule has 0 atom stereocenters. The number of carbonyl (C=O) groups excluding carboxylic acids is 1. The molecule has 0 radical (unpaired) electrons. The Hall–Kier alpha value is -2.47. The number of pyridine rings is 1. The van der Waals surface area contributed by atoms with Crippen LogP contribution in [0.2, 0.25) is 0 Å². The Kier molecular flexibility index (Phi) is 5.95. The molecule has 3 rings (SSSR count). The van der Waals surface area contributed by atoms with Gasteiger partial charge in [-0.25, -0.2) is 4.39 Å². The molecule has 0 bridgehead atoms. The van der Waals surface area contributed by atoms with Gasteiger partial charge in [0.1, 0.15) is 6.10 Å². The maximum Gasteiger partial charge on any atom is 0.234 e. The van der Waals surface area contributed by atoms with Crippen molar-refractivity contribution >= 4 is 5.91 Å². The van der Waals surface area contributed by atoms with Gasteiger partial charge in [-0.05, 0) is 37.1 Å². The van der Waals surface area contributed by atoms with Crippen LogP contribution < -0.4 is 10.1 Å². The van der Waals surface area contributed by atoms with Crippen LogP contribution in [0, 0.1) is 5.82 Å². The van der Waals surface area contributed by atoms with Gasteiger partial charge >= 0.3 is 0 Å². The van der Waals surface area contributed by atoms with Gasteiger partial charge in [0.25, 0.3) is 0 Å². The lowest BCUT2D eigenvalue weighted by Gasteiger charge is -2.31. The number of ether oxygens (including phenoxy) is 1. The van der Waals surface area contributed by atoms with Crippen molar-refractivity contribution in [1.29, 1.82) is 0 Å². The Balaban J connectivity index is 1.39. The summed E-state index contributed by atoms with van der Waals surface area (Å²) in [7, 11) is 0. The lowest BCUT2D eigenvalue weighted by molar-refractivity contribution is -0.122. The van der Waals surface area contributed by atoms with E-state index < -0.39 is 0 Å². The van der Waals surface area contributed by atoms with E-state index in [1.165, 1.54) is 6.07 Å². The molecule has 1 aliphatic rings. The highest BCUT2D eigenvalue weighted by atomic mass is 19.1. The van der Waals surface area contributed by atoms with Gasteiger partial charge in [0, 0.05) is 19.3 Å². The molecule has 1 aliphatic heterocycles. The molecule has 1 aromatic heterocycles. The summed E-state index contributed by atoms with van der Waals surface area (Å²) in [6, 6.07) is 12.1. The van der Waals surface area contributed by atoms with Gasteiger partial charge in [-0.3, -0.25) is 14.7 Å². The second-order valence-electron chi connectivity index (χ2n) is 6.12. The van der Waals surface area contributed by atoms with E-state index in [-0.39, 0.29) is 17.8 Å². The quantitative estimate of drug-likeness (QED) is 0.875. The van der Waals surface area contributed by atoms with Crippen LogP contribution in [0.3, 0.4) is 0 Å². The largest absolute Gasteiger partial charge is 0.487 e. The van der Waals surface area contributed by atoms with E-state index in [0.717, 1.165) is 31.6 Å². The van der Waals surface area contributed by atoms with E-state index in [2.05, 4.69) is 15.2 Å². The third kappa shape index (κ3) is 5.26. The zero-order valence-corrected chi connectivity index (χ0v) is 14.0. The molecule has 132 valence electrons. The van der Waals surface area contributed by atoms with Gasteiger partial charge in [-0.1, -0.05) is 18.2 Å². The molecule has 1 saturated heterocycles. The van der Waals surface area contributed by atoms with E-state index >= 15 is 0 Å². The van der Waals surface area contributed by atoms with E-state index in [9.17, 15) is 9.18 Å². The molecule has 25 heavy (non-hydrogen) atoms. The van der Waals surface area contributed by atoms with Crippen molar-refractivity contribution < 1.29 is 13.9 Å². The van der Waals surface area contributed by atoms with E-state index in [4.69, 9.17) is 4.74 Å². The zero-order valence-electron chi connectivity index (χ0n) is 14.0. The highest BCUT2D eigenvalue weighted by Gasteiger charge is 2.22. The summed E-state index contributed by atoms with van der Waals surface area (Å²) in [6.07, 6.45) is 3.26. The fraction of sp³-hybridized carbons (Fsp3) is 0.368. The molecule has 2 heterocycles. The molecule has 1 N–H and O–H groups in total. The maximum atomic E-state index is 13.6. The number of para-hydroxylation sites is 1. The predicted octanol–water partition coefficient (Wildman–Crippen LogP) is 2.38. The van der Waals surface area contributed by atoms with Crippen LogP contribution in [-0.2, 0) is 11.3 Å². The predicted molar refractivity (Wildman–Crippen MR) is 92.6 cm³/mol. The normalized spacial score (nSPS) is 15.7. The minimum absolute atomic E-state index is 0.00951. The third-order valence-corrected chi connectivity index (χ3v) is 4.22. The van der Waals surface area contributed by atoms with Crippen molar-refractivity contribution in [2.45, 2.75) is 25.5 Å². The lowest BCUT2D eigenvalue weighted by atomic mass is 10.1. The maximum absolute atomic E-state index is 13.6. The molecule has 1 amide bonds. The summed E-state index contributed by atoms with van der Waals surface area (Å²) < 4.78 is 19.4. The minimum atomic E-state index is -0.334. The average Bonchev–Trinajstić information content (AvgIpc) is 2.64. The lowest BCUT2D eigenvalue weighted by Crippen LogP contribution is -2.43. The molecule has 0 aliphatic carbocycles. The molecule has 0 unspecified atom stereocenters. The zero-order chi connectivity index (χ0) is 17.5. The molecule has 2 aromatic rings. The Morgan fingerprint density at radius 3 is 2.68 bits per heavy atom. The third-order valence-electron chi connectivity index (χ3n) is 4.22. The van der Waals surface area contributed by atoms with Crippen LogP contribution in [0.4, 0.5) is 4.39 Å². The summed E-state index contributed by atoms with van der Waals surface area (Å²) in [5, 5.41) is 2.88. The Labute approximate surface area is 146 Å². The van der Waals surface area contributed by atoms with Crippen molar-refractivity contribution in [2.75, 3.05) is 19.6 Å². The topological polar surface area (TPSA) is 54.5 Å². The number of aromatic nitrogens is 1. The number of rotatable bonds is 6. The van der Waals surface area contributed by atoms with Gasteiger partial charge in [-0.2, -0.15) is 0 Å². The highest BCUT2D eigenvalue weighted by molar-refractivity contribution is 5.77. The second kappa shape index (κ2) is 8.58. The number of nitrogens with one attached hydrogen (secondary N) is 1. The van der Waals surface area contributed by atoms with Crippen molar-refractivity contribution in [2.24, 2.45) is 0 Å². The molecule has 0 spiro atoms. The number of piperidine rings is 1. The fourth-order valence-corrected chi connectivity index (χ4v) is 2.86. The van der Waals surface area contributed by atoms with E-state index in [0.29, 0.717) is 18.8 Å². The van der Waals surface area contributed by atoms with Crippen molar-refractivity contribution in [3.63, 3.8) is 0 Å². The smallest absolute Gasteiger partial charge is 0.234 e. The molecule has 6 heteroatoms. The number of hydrogen-bond acceptors (Lipinski definition) is 4. The van der Waals surface area contributed by atoms with Crippen molar-refractivity contribution in [3.8, 4) is 5.75 Å². The standard InChI is InChI=1S/C19H22FN3O2/c20-17-6-1-2-7-18(17)25-16-8-11-23(12-9-16)14-19(24)22-13-15-5-3-4-10-21-15/h1-7,10,16H,8-9,11-14H2,(H,22,24). The van der Waals surface area contributed by atoms with Crippen LogP contribution in [0.5, 0.6) is 5.75 Å². The van der Waals surface area contributed by atoms with Crippen LogP contribution in [-0.4, -0.2) is 41.5 Å². The first-order chi connectivity index (χ1) is 12.2. The minimum Gasteiger partial charge on any atom is -0.487 e. The summed E-state index contributed by atoms with van der Waals surface area (Å²) in [5.41, 5.74) is 0.841. The first-order valence-electron chi connectivity index (χ1n) is 8.51. The molecule has 5 nitrogen and oxygen atoms in total. The first-order valence-corrected chi connectivity index (χ1v) is 8.51. The monoisotopic (exact) mass is 343 g/mol. The number of amides is 1. The summed E-state index contributed by atoms with van der Waals surface area (Å²) in [5.74, 6) is -0.0491. The van der Waals surface area contributed by atoms with Crippen LogP contribution in [0.1, 0.15) is 18.5 Å². The van der Waals surface area contributed by atoms with Gasteiger partial charge in [0.05, 0.1) is 18.8 Å². The van der Waals surface area contributed by atoms with Gasteiger partial charge in [0.2, 0.25) is 5.91 Å². The molecule has 1 fully saturated rings. The van der Waals surface area contributed by atoms with Crippen LogP contribution in [0.15, 0.2) is 48.7 Å². The van der Waals surface area contributed by atoms with Gasteiger partial charge in [-0.15, -0.1) is 0 Å². The Morgan fingerprint density at radius 1 is 1.20 bits per heavy atom. The number of carbonyl (C=O) groups is 1. The highest BCUT2D eigenvalue weighted by Crippen LogP contribution is 2.21. The fourth-order valence-electron chi connectivity index (χ4n) is 2.86. The van der Waals surface area contributed by atoms with Crippen molar-refractivity contribution in [3.05, 3.63) is 60.2 Å². The Morgan fingerprint density at radius 2 is 1.96 bits per heavy atom. The van der Waals surface area contributed by atoms with Crippen LogP contribution >= 0.6 is 0 Å². The molecular formula is C19H22FN3O2. The molecule has 1 aromatic carbocycles. The summed E-state index contributed by atoms with van der Waals surface area (Å²) >= 11 is 0. The summed E-state index contributed by atoms with van der Waals surface area (Å²) in [4.78, 5) is 18.3. The summed E-state index contributed by atoms with van der Waals surface area (Å²) in [6.45, 7) is 2.32. The number of benzene rings is 1. The SMILES string of the molecule is O=C(CN1CCC(Oc2ccccc2F)CC1)NCc1ccccn1. The number of nitrogens with zero attached hydrogens (tertiary/aromatic N) is 2. The Bertz CT molecular complexity index is 688. The van der Waals surface area contributed by atoms with E-state index in [1.54, 1.807) is 24.4 Å². The average molecular weight is 343 g/mol. The van der Waals surface area contributed by atoms with Gasteiger partial charge < -0.3 is 10.1 Å². The van der Waals surface area contributed by atoms with Crippen molar-refractivity contribution in [1.82, 2.24) is 15.2 Å². The second-order valence-corrected chi connectivity index (χ2v) is 6.12. The number of halogens is 1. The first kappa shape index (κ1) is 17.4. The molecular weight excluding hydrogens is 321 g/mol. The van der Waals surface area contributed by atoms with Gasteiger partial charge in [0.15, 0.2) is 11.6 Å².